The monoisotopic (exact) mass is 399 g/mol. The summed E-state index contributed by atoms with van der Waals surface area (Å²) in [4.78, 5) is 16.1. The van der Waals surface area contributed by atoms with Gasteiger partial charge < -0.3 is 15.0 Å². The average Bonchev–Trinajstić information content (AvgIpc) is 3.01. The molecule has 1 aromatic carbocycles. The molecule has 2 aromatic rings. The van der Waals surface area contributed by atoms with E-state index in [0.29, 0.717) is 12.8 Å². The number of fused-ring (bicyclic) bond motifs is 3. The highest BCUT2D eigenvalue weighted by Gasteiger charge is 2.24. The lowest BCUT2D eigenvalue weighted by Gasteiger charge is -2.20. The lowest BCUT2D eigenvalue weighted by Crippen LogP contribution is -2.21. The van der Waals surface area contributed by atoms with E-state index in [-0.39, 0.29) is 30.7 Å². The molecule has 26 heavy (non-hydrogen) atoms. The van der Waals surface area contributed by atoms with Crippen molar-refractivity contribution in [3.05, 3.63) is 47.5 Å². The van der Waals surface area contributed by atoms with Crippen molar-refractivity contribution < 1.29 is 9.90 Å². The maximum absolute atomic E-state index is 11.6. The summed E-state index contributed by atoms with van der Waals surface area (Å²) in [6.07, 6.45) is 5.85. The zero-order chi connectivity index (χ0) is 16.9. The van der Waals surface area contributed by atoms with E-state index in [2.05, 4.69) is 40.0 Å². The van der Waals surface area contributed by atoms with Crippen LogP contribution in [0, 0.1) is 5.92 Å². The number of nitrogens with zero attached hydrogens (tertiary/aromatic N) is 2. The maximum Gasteiger partial charge on any atom is 0.306 e. The molecule has 0 bridgehead atoms. The number of aliphatic carboxylic acids is 1. The summed E-state index contributed by atoms with van der Waals surface area (Å²) in [5, 5.41) is 12.8. The van der Waals surface area contributed by atoms with Crippen LogP contribution in [0.3, 0.4) is 0 Å². The summed E-state index contributed by atoms with van der Waals surface area (Å²) in [7, 11) is 0. The second-order valence-corrected chi connectivity index (χ2v) is 6.37. The van der Waals surface area contributed by atoms with Crippen LogP contribution >= 0.6 is 24.8 Å². The van der Waals surface area contributed by atoms with Crippen molar-refractivity contribution in [3.63, 3.8) is 0 Å². The molecule has 1 aliphatic heterocycles. The molecule has 5 nitrogen and oxygen atoms in total. The molecule has 0 radical (unpaired) electrons. The quantitative estimate of drug-likeness (QED) is 0.667. The van der Waals surface area contributed by atoms with Crippen molar-refractivity contribution in [2.75, 3.05) is 13.1 Å². The Hall–Kier alpha value is -1.56. The van der Waals surface area contributed by atoms with Gasteiger partial charge in [-0.15, -0.1) is 24.8 Å². The molecule has 7 heteroatoms. The van der Waals surface area contributed by atoms with Gasteiger partial charge in [-0.3, -0.25) is 4.79 Å². The lowest BCUT2D eigenvalue weighted by atomic mass is 9.94. The van der Waals surface area contributed by atoms with Gasteiger partial charge in [-0.2, -0.15) is 0 Å². The average molecular weight is 400 g/mol. The molecular weight excluding hydrogens is 373 g/mol. The fourth-order valence-corrected chi connectivity index (χ4v) is 3.46. The van der Waals surface area contributed by atoms with Gasteiger partial charge in [-0.1, -0.05) is 25.1 Å². The standard InChI is InChI=1S/C19H25N3O2.2ClH/c1-2-20-11-5-7-15(19(23)24)12-16-18-10-9-14-6-3-4-8-17(14)22(18)13-21-16;;/h3-4,6,8,13,15,20H,2,5,7,9-12H2,1H3,(H,23,24);2*1H/t15-;;/m0../s1. The van der Waals surface area contributed by atoms with Crippen molar-refractivity contribution in [3.8, 4) is 5.69 Å². The second kappa shape index (κ2) is 10.6. The number of nitrogens with one attached hydrogen (secondary N) is 1. The fourth-order valence-electron chi connectivity index (χ4n) is 3.46. The molecule has 0 fully saturated rings. The Labute approximate surface area is 167 Å². The van der Waals surface area contributed by atoms with Gasteiger partial charge in [-0.25, -0.2) is 4.98 Å². The predicted octanol–water partition coefficient (Wildman–Crippen LogP) is 3.45. The number of rotatable bonds is 8. The Balaban J connectivity index is 0.00000169. The van der Waals surface area contributed by atoms with Crippen LogP contribution in [0.4, 0.5) is 0 Å². The van der Waals surface area contributed by atoms with Crippen LogP contribution in [0.1, 0.15) is 36.7 Å². The molecule has 0 aliphatic carbocycles. The first-order valence-electron chi connectivity index (χ1n) is 8.77. The third-order valence-corrected chi connectivity index (χ3v) is 4.78. The first-order valence-corrected chi connectivity index (χ1v) is 8.77. The van der Waals surface area contributed by atoms with E-state index in [0.717, 1.165) is 38.0 Å². The number of hydrogen-bond acceptors (Lipinski definition) is 3. The van der Waals surface area contributed by atoms with Crippen molar-refractivity contribution in [2.24, 2.45) is 5.92 Å². The molecule has 2 heterocycles. The molecule has 144 valence electrons. The number of benzene rings is 1. The van der Waals surface area contributed by atoms with Gasteiger partial charge in [0.05, 0.1) is 17.9 Å². The molecule has 0 amide bonds. The zero-order valence-electron chi connectivity index (χ0n) is 15.0. The van der Waals surface area contributed by atoms with Crippen LogP contribution in [0.2, 0.25) is 0 Å². The van der Waals surface area contributed by atoms with Gasteiger partial charge in [0.25, 0.3) is 0 Å². The summed E-state index contributed by atoms with van der Waals surface area (Å²) < 4.78 is 2.13. The number of halogens is 2. The van der Waals surface area contributed by atoms with E-state index < -0.39 is 5.97 Å². The normalized spacial score (nSPS) is 13.0. The molecular formula is C19H27Cl2N3O2. The summed E-state index contributed by atoms with van der Waals surface area (Å²) in [5.74, 6) is -1.08. The Morgan fingerprint density at radius 2 is 2.08 bits per heavy atom. The van der Waals surface area contributed by atoms with Gasteiger partial charge in [0, 0.05) is 17.8 Å². The molecule has 1 aliphatic rings. The van der Waals surface area contributed by atoms with E-state index in [1.54, 1.807) is 0 Å². The molecule has 1 aromatic heterocycles. The molecule has 1 atom stereocenters. The van der Waals surface area contributed by atoms with E-state index >= 15 is 0 Å². The number of carboxylic acids is 1. The summed E-state index contributed by atoms with van der Waals surface area (Å²) in [6, 6.07) is 8.36. The number of carboxylic acid groups (broad SMARTS) is 1. The van der Waals surface area contributed by atoms with Crippen LogP contribution in [0.15, 0.2) is 30.6 Å². The summed E-state index contributed by atoms with van der Waals surface area (Å²) in [6.45, 7) is 3.85. The van der Waals surface area contributed by atoms with Gasteiger partial charge >= 0.3 is 5.97 Å². The Morgan fingerprint density at radius 3 is 2.81 bits per heavy atom. The van der Waals surface area contributed by atoms with Crippen molar-refractivity contribution in [1.82, 2.24) is 14.9 Å². The number of hydrogen-bond donors (Lipinski definition) is 2. The third kappa shape index (κ3) is 5.00. The number of aryl methyl sites for hydroxylation is 1. The summed E-state index contributed by atoms with van der Waals surface area (Å²) >= 11 is 0. The van der Waals surface area contributed by atoms with E-state index in [1.807, 2.05) is 12.4 Å². The lowest BCUT2D eigenvalue weighted by molar-refractivity contribution is -0.142. The van der Waals surface area contributed by atoms with Gasteiger partial charge in [0.15, 0.2) is 0 Å². The minimum atomic E-state index is -0.718. The predicted molar refractivity (Wildman–Crippen MR) is 108 cm³/mol. The van der Waals surface area contributed by atoms with Crippen LogP contribution in [-0.4, -0.2) is 33.7 Å². The Bertz CT molecular complexity index is 719. The topological polar surface area (TPSA) is 67.2 Å². The van der Waals surface area contributed by atoms with Gasteiger partial charge in [-0.05, 0) is 50.4 Å². The smallest absolute Gasteiger partial charge is 0.306 e. The molecule has 0 unspecified atom stereocenters. The van der Waals surface area contributed by atoms with Crippen molar-refractivity contribution in [1.29, 1.82) is 0 Å². The molecule has 0 saturated carbocycles. The van der Waals surface area contributed by atoms with Crippen LogP contribution in [0.25, 0.3) is 5.69 Å². The Morgan fingerprint density at radius 1 is 1.31 bits per heavy atom. The second-order valence-electron chi connectivity index (χ2n) is 6.37. The van der Waals surface area contributed by atoms with E-state index in [1.165, 1.54) is 16.9 Å². The highest BCUT2D eigenvalue weighted by atomic mass is 35.5. The largest absolute Gasteiger partial charge is 0.481 e. The maximum atomic E-state index is 11.6. The number of para-hydroxylation sites is 1. The number of imidazole rings is 1. The van der Waals surface area contributed by atoms with Gasteiger partial charge in [0.1, 0.15) is 0 Å². The molecule has 0 saturated heterocycles. The zero-order valence-corrected chi connectivity index (χ0v) is 16.6. The van der Waals surface area contributed by atoms with Crippen molar-refractivity contribution in [2.45, 2.75) is 39.0 Å². The van der Waals surface area contributed by atoms with Crippen LogP contribution in [0.5, 0.6) is 0 Å². The van der Waals surface area contributed by atoms with E-state index in [4.69, 9.17) is 0 Å². The molecule has 3 rings (SSSR count). The minimum Gasteiger partial charge on any atom is -0.481 e. The first kappa shape index (κ1) is 22.5. The molecule has 0 spiro atoms. The van der Waals surface area contributed by atoms with Gasteiger partial charge in [0.2, 0.25) is 0 Å². The SMILES string of the molecule is CCNCCC[C@@H](Cc1ncn2c1CCc1ccccc1-2)C(=O)O.Cl.Cl. The highest BCUT2D eigenvalue weighted by molar-refractivity contribution is 5.85. The molecule has 2 N–H and O–H groups in total. The summed E-state index contributed by atoms with van der Waals surface area (Å²) in [5.41, 5.74) is 4.62. The third-order valence-electron chi connectivity index (χ3n) is 4.78. The number of aromatic nitrogens is 2. The Kier molecular flexibility index (Phi) is 9.13. The highest BCUT2D eigenvalue weighted by Crippen LogP contribution is 2.27. The fraction of sp³-hybridized carbons (Fsp3) is 0.474. The van der Waals surface area contributed by atoms with E-state index in [9.17, 15) is 9.90 Å². The van der Waals surface area contributed by atoms with Crippen molar-refractivity contribution >= 4 is 30.8 Å². The van der Waals surface area contributed by atoms with Crippen LogP contribution < -0.4 is 5.32 Å². The number of carbonyl (C=O) groups is 1. The first-order chi connectivity index (χ1) is 11.7. The van der Waals surface area contributed by atoms with Crippen LogP contribution in [-0.2, 0) is 24.1 Å². The minimum absolute atomic E-state index is 0.